The molecular weight excluding hydrogens is 374 g/mol. The summed E-state index contributed by atoms with van der Waals surface area (Å²) in [5, 5.41) is 11.6. The molecular formula is C21H20N3O5+. The molecule has 0 aliphatic carbocycles. The predicted octanol–water partition coefficient (Wildman–Crippen LogP) is 1.39. The van der Waals surface area contributed by atoms with Gasteiger partial charge >= 0.3 is 0 Å². The number of likely N-dealkylation sites (N-methyl/N-ethyl adjacent to an activating group) is 1. The third-order valence-electron chi connectivity index (χ3n) is 5.12. The van der Waals surface area contributed by atoms with Crippen LogP contribution in [0.2, 0.25) is 0 Å². The first-order valence-electron chi connectivity index (χ1n) is 9.28. The number of hydrogen-bond acceptors (Lipinski definition) is 5. The SMILES string of the molecule is C[NH+](C)CCN1C(=O)c2oc3ccccc3c(=O)c2[C@@H]1c1cccc([N+](=O)[O-])c1. The van der Waals surface area contributed by atoms with Gasteiger partial charge in [-0.1, -0.05) is 24.3 Å². The van der Waals surface area contributed by atoms with E-state index in [4.69, 9.17) is 4.42 Å². The highest BCUT2D eigenvalue weighted by molar-refractivity contribution is 5.99. The second-order valence-corrected chi connectivity index (χ2v) is 7.38. The first-order valence-corrected chi connectivity index (χ1v) is 9.28. The lowest BCUT2D eigenvalue weighted by atomic mass is 9.98. The molecule has 1 atom stereocenters. The van der Waals surface area contributed by atoms with Crippen LogP contribution in [0, 0.1) is 10.1 Å². The van der Waals surface area contributed by atoms with Crippen molar-refractivity contribution in [2.75, 3.05) is 27.2 Å². The summed E-state index contributed by atoms with van der Waals surface area (Å²) in [7, 11) is 3.93. The Morgan fingerprint density at radius 1 is 1.14 bits per heavy atom. The molecule has 0 spiro atoms. The average molecular weight is 394 g/mol. The zero-order valence-corrected chi connectivity index (χ0v) is 16.0. The number of benzene rings is 2. The minimum atomic E-state index is -0.724. The van der Waals surface area contributed by atoms with E-state index >= 15 is 0 Å². The molecule has 0 saturated heterocycles. The summed E-state index contributed by atoms with van der Waals surface area (Å²) in [6.45, 7) is 1.04. The van der Waals surface area contributed by atoms with Gasteiger partial charge in [0.1, 0.15) is 5.58 Å². The summed E-state index contributed by atoms with van der Waals surface area (Å²) in [4.78, 5) is 39.9. The van der Waals surface area contributed by atoms with Crippen molar-refractivity contribution >= 4 is 22.6 Å². The number of carbonyl (C=O) groups is 1. The molecule has 0 radical (unpaired) electrons. The number of non-ortho nitro benzene ring substituents is 1. The van der Waals surface area contributed by atoms with E-state index in [0.717, 1.165) is 4.90 Å². The van der Waals surface area contributed by atoms with Crippen LogP contribution in [-0.4, -0.2) is 42.9 Å². The highest BCUT2D eigenvalue weighted by Crippen LogP contribution is 2.38. The van der Waals surface area contributed by atoms with Gasteiger partial charge in [-0.25, -0.2) is 0 Å². The van der Waals surface area contributed by atoms with Gasteiger partial charge in [0.15, 0.2) is 5.43 Å². The molecule has 1 aliphatic heterocycles. The molecule has 2 heterocycles. The Morgan fingerprint density at radius 3 is 2.62 bits per heavy atom. The molecule has 2 aromatic carbocycles. The number of nitro groups is 1. The van der Waals surface area contributed by atoms with Crippen molar-refractivity contribution < 1.29 is 19.0 Å². The zero-order chi connectivity index (χ0) is 20.7. The molecule has 4 rings (SSSR count). The summed E-state index contributed by atoms with van der Waals surface area (Å²) in [5.41, 5.74) is 0.728. The van der Waals surface area contributed by atoms with Crippen molar-refractivity contribution in [2.45, 2.75) is 6.04 Å². The number of fused-ring (bicyclic) bond motifs is 2. The van der Waals surface area contributed by atoms with E-state index < -0.39 is 11.0 Å². The molecule has 29 heavy (non-hydrogen) atoms. The lowest BCUT2D eigenvalue weighted by Crippen LogP contribution is -3.06. The quantitative estimate of drug-likeness (QED) is 0.521. The topological polar surface area (TPSA) is 98.1 Å². The molecule has 148 valence electrons. The van der Waals surface area contributed by atoms with E-state index in [0.29, 0.717) is 29.6 Å². The first kappa shape index (κ1) is 18.8. The average Bonchev–Trinajstić information content (AvgIpc) is 2.99. The molecule has 8 nitrogen and oxygen atoms in total. The van der Waals surface area contributed by atoms with Gasteiger partial charge in [-0.15, -0.1) is 0 Å². The maximum atomic E-state index is 13.3. The number of nitro benzene ring substituents is 1. The second-order valence-electron chi connectivity index (χ2n) is 7.38. The van der Waals surface area contributed by atoms with E-state index in [1.807, 2.05) is 14.1 Å². The summed E-state index contributed by atoms with van der Waals surface area (Å²) in [6.07, 6.45) is 0. The van der Waals surface area contributed by atoms with Crippen LogP contribution in [-0.2, 0) is 0 Å². The lowest BCUT2D eigenvalue weighted by molar-refractivity contribution is -0.857. The summed E-state index contributed by atoms with van der Waals surface area (Å²) >= 11 is 0. The van der Waals surface area contributed by atoms with Crippen LogP contribution in [0.15, 0.2) is 57.7 Å². The fourth-order valence-corrected chi connectivity index (χ4v) is 3.70. The van der Waals surface area contributed by atoms with Crippen LogP contribution in [0.5, 0.6) is 0 Å². The van der Waals surface area contributed by atoms with Gasteiger partial charge in [-0.3, -0.25) is 19.7 Å². The van der Waals surface area contributed by atoms with Gasteiger partial charge in [0.2, 0.25) is 5.76 Å². The van der Waals surface area contributed by atoms with Gasteiger partial charge in [0.05, 0.1) is 49.1 Å². The fourth-order valence-electron chi connectivity index (χ4n) is 3.70. The van der Waals surface area contributed by atoms with Crippen molar-refractivity contribution in [1.29, 1.82) is 0 Å². The first-order chi connectivity index (χ1) is 13.9. The summed E-state index contributed by atoms with van der Waals surface area (Å²) in [5.74, 6) is -0.362. The Morgan fingerprint density at radius 2 is 1.90 bits per heavy atom. The maximum absolute atomic E-state index is 13.3. The van der Waals surface area contributed by atoms with Crippen molar-refractivity contribution in [2.24, 2.45) is 0 Å². The number of amides is 1. The Labute approximate surface area is 166 Å². The van der Waals surface area contributed by atoms with E-state index in [2.05, 4.69) is 0 Å². The molecule has 1 amide bonds. The molecule has 1 N–H and O–H groups in total. The highest BCUT2D eigenvalue weighted by Gasteiger charge is 2.43. The number of carbonyl (C=O) groups excluding carboxylic acids is 1. The highest BCUT2D eigenvalue weighted by atomic mass is 16.6. The molecule has 3 aromatic rings. The normalized spacial score (nSPS) is 15.9. The minimum absolute atomic E-state index is 0.0129. The monoisotopic (exact) mass is 394 g/mol. The van der Waals surface area contributed by atoms with E-state index in [-0.39, 0.29) is 28.3 Å². The Kier molecular flexibility index (Phi) is 4.63. The molecule has 8 heteroatoms. The maximum Gasteiger partial charge on any atom is 0.291 e. The Hall–Kier alpha value is -3.52. The zero-order valence-electron chi connectivity index (χ0n) is 16.0. The smallest absolute Gasteiger partial charge is 0.291 e. The van der Waals surface area contributed by atoms with E-state index in [1.165, 1.54) is 12.1 Å². The van der Waals surface area contributed by atoms with Crippen LogP contribution in [0.3, 0.4) is 0 Å². The third kappa shape index (κ3) is 3.17. The summed E-state index contributed by atoms with van der Waals surface area (Å²) in [6, 6.07) is 12.1. The molecule has 0 saturated carbocycles. The van der Waals surface area contributed by atoms with Crippen molar-refractivity contribution in [3.63, 3.8) is 0 Å². The van der Waals surface area contributed by atoms with Gasteiger partial charge in [0, 0.05) is 12.1 Å². The second kappa shape index (κ2) is 7.14. The fraction of sp³-hybridized carbons (Fsp3) is 0.238. The standard InChI is InChI=1S/C21H19N3O5/c1-22(2)10-11-23-18(13-6-5-7-14(12-13)24(27)28)17-19(25)15-8-3-4-9-16(15)29-20(17)21(23)26/h3-9,12,18H,10-11H2,1-2H3/p+1/t18-/m0/s1. The number of hydrogen-bond donors (Lipinski definition) is 1. The predicted molar refractivity (Wildman–Crippen MR) is 106 cm³/mol. The van der Waals surface area contributed by atoms with Gasteiger partial charge in [-0.2, -0.15) is 0 Å². The lowest BCUT2D eigenvalue weighted by Gasteiger charge is -2.25. The van der Waals surface area contributed by atoms with Crippen LogP contribution < -0.4 is 10.3 Å². The van der Waals surface area contributed by atoms with Gasteiger partial charge in [0.25, 0.3) is 11.6 Å². The third-order valence-corrected chi connectivity index (χ3v) is 5.12. The molecule has 0 bridgehead atoms. The largest absolute Gasteiger partial charge is 0.450 e. The Balaban J connectivity index is 1.94. The van der Waals surface area contributed by atoms with Crippen LogP contribution in [0.25, 0.3) is 11.0 Å². The molecule has 1 aromatic heterocycles. The molecule has 0 fully saturated rings. The number of rotatable bonds is 5. The van der Waals surface area contributed by atoms with Crippen LogP contribution in [0.4, 0.5) is 5.69 Å². The molecule has 1 aliphatic rings. The number of nitrogens with zero attached hydrogens (tertiary/aromatic N) is 2. The van der Waals surface area contributed by atoms with E-state index in [9.17, 15) is 19.7 Å². The van der Waals surface area contributed by atoms with Crippen LogP contribution in [0.1, 0.15) is 27.7 Å². The van der Waals surface area contributed by atoms with Crippen molar-refractivity contribution in [3.8, 4) is 0 Å². The number of para-hydroxylation sites is 1. The Bertz CT molecular complexity index is 1180. The minimum Gasteiger partial charge on any atom is -0.450 e. The molecule has 0 unspecified atom stereocenters. The number of nitrogens with one attached hydrogen (secondary N) is 1. The van der Waals surface area contributed by atoms with Gasteiger partial charge in [-0.05, 0) is 17.7 Å². The van der Waals surface area contributed by atoms with Crippen molar-refractivity contribution in [1.82, 2.24) is 4.90 Å². The van der Waals surface area contributed by atoms with Gasteiger partial charge < -0.3 is 14.2 Å². The summed E-state index contributed by atoms with van der Waals surface area (Å²) < 4.78 is 5.83. The van der Waals surface area contributed by atoms with E-state index in [1.54, 1.807) is 41.3 Å². The number of quaternary nitrogens is 1. The van der Waals surface area contributed by atoms with Crippen LogP contribution >= 0.6 is 0 Å². The van der Waals surface area contributed by atoms with Crippen molar-refractivity contribution in [3.05, 3.63) is 85.8 Å².